The first-order chi connectivity index (χ1) is 13.3. The molecule has 0 aliphatic rings. The molecule has 150 valence electrons. The Balaban J connectivity index is 1.68. The van der Waals surface area contributed by atoms with Crippen molar-refractivity contribution in [2.24, 2.45) is 0 Å². The summed E-state index contributed by atoms with van der Waals surface area (Å²) in [7, 11) is 1.58. The van der Waals surface area contributed by atoms with Gasteiger partial charge in [0.1, 0.15) is 5.75 Å². The molecule has 0 saturated heterocycles. The Hall–Kier alpha value is -3.03. The third kappa shape index (κ3) is 6.94. The van der Waals surface area contributed by atoms with Gasteiger partial charge in [-0.3, -0.25) is 9.59 Å². The van der Waals surface area contributed by atoms with Crippen LogP contribution in [0, 0.1) is 0 Å². The second-order valence-electron chi connectivity index (χ2n) is 5.98. The largest absolute Gasteiger partial charge is 0.497 e. The predicted molar refractivity (Wildman–Crippen MR) is 95.8 cm³/mol. The molecular formula is C20H20F3NO4. The molecular weight excluding hydrogens is 375 g/mol. The molecule has 0 aliphatic heterocycles. The van der Waals surface area contributed by atoms with Crippen LogP contribution in [0.4, 0.5) is 13.2 Å². The predicted octanol–water partition coefficient (Wildman–Crippen LogP) is 3.16. The lowest BCUT2D eigenvalue weighted by Crippen LogP contribution is -2.30. The van der Waals surface area contributed by atoms with Crippen molar-refractivity contribution in [3.8, 4) is 5.75 Å². The van der Waals surface area contributed by atoms with E-state index in [9.17, 15) is 22.8 Å². The van der Waals surface area contributed by atoms with Crippen LogP contribution in [0.2, 0.25) is 0 Å². The summed E-state index contributed by atoms with van der Waals surface area (Å²) in [6.07, 6.45) is -4.03. The van der Waals surface area contributed by atoms with Gasteiger partial charge in [-0.2, -0.15) is 13.2 Å². The van der Waals surface area contributed by atoms with Crippen molar-refractivity contribution in [3.05, 3.63) is 65.2 Å². The number of hydrogen-bond acceptors (Lipinski definition) is 4. The number of carbonyl (C=O) groups is 2. The molecule has 0 aromatic heterocycles. The van der Waals surface area contributed by atoms with E-state index in [1.807, 2.05) is 24.3 Å². The summed E-state index contributed by atoms with van der Waals surface area (Å²) < 4.78 is 47.4. The van der Waals surface area contributed by atoms with Gasteiger partial charge < -0.3 is 14.8 Å². The SMILES string of the molecule is COc1ccc(CCNC(=O)COC(=O)Cc2ccc(C(F)(F)F)cc2)cc1. The van der Waals surface area contributed by atoms with Gasteiger partial charge in [0.05, 0.1) is 19.1 Å². The topological polar surface area (TPSA) is 64.6 Å². The van der Waals surface area contributed by atoms with Gasteiger partial charge >= 0.3 is 12.1 Å². The standard InChI is InChI=1S/C20H20F3NO4/c1-27-17-8-4-14(5-9-17)10-11-24-18(25)13-28-19(26)12-15-2-6-16(7-3-15)20(21,22)23/h2-9H,10-13H2,1H3,(H,24,25). The third-order valence-corrected chi connectivity index (χ3v) is 3.89. The van der Waals surface area contributed by atoms with Crippen molar-refractivity contribution < 1.29 is 32.2 Å². The van der Waals surface area contributed by atoms with Crippen LogP contribution in [0.3, 0.4) is 0 Å². The Kier molecular flexibility index (Phi) is 7.43. The molecule has 5 nitrogen and oxygen atoms in total. The van der Waals surface area contributed by atoms with Gasteiger partial charge in [0.25, 0.3) is 5.91 Å². The lowest BCUT2D eigenvalue weighted by Gasteiger charge is -2.09. The van der Waals surface area contributed by atoms with Gasteiger partial charge in [-0.1, -0.05) is 24.3 Å². The molecule has 8 heteroatoms. The van der Waals surface area contributed by atoms with E-state index in [2.05, 4.69) is 5.32 Å². The highest BCUT2D eigenvalue weighted by atomic mass is 19.4. The Bertz CT molecular complexity index is 787. The normalized spacial score (nSPS) is 11.0. The number of methoxy groups -OCH3 is 1. The zero-order valence-electron chi connectivity index (χ0n) is 15.2. The average molecular weight is 395 g/mol. The number of alkyl halides is 3. The number of amides is 1. The number of hydrogen-bond donors (Lipinski definition) is 1. The molecule has 0 heterocycles. The molecule has 0 saturated carbocycles. The van der Waals surface area contributed by atoms with Crippen molar-refractivity contribution in [3.63, 3.8) is 0 Å². The first-order valence-electron chi connectivity index (χ1n) is 8.49. The van der Waals surface area contributed by atoms with Crippen molar-refractivity contribution in [2.75, 3.05) is 20.3 Å². The van der Waals surface area contributed by atoms with Gasteiger partial charge in [0, 0.05) is 6.54 Å². The molecule has 0 atom stereocenters. The summed E-state index contributed by atoms with van der Waals surface area (Å²) in [6, 6.07) is 11.6. The van der Waals surface area contributed by atoms with Crippen molar-refractivity contribution >= 4 is 11.9 Å². The van der Waals surface area contributed by atoms with Gasteiger partial charge in [-0.25, -0.2) is 0 Å². The smallest absolute Gasteiger partial charge is 0.416 e. The summed E-state index contributed by atoms with van der Waals surface area (Å²) >= 11 is 0. The van der Waals surface area contributed by atoms with E-state index < -0.39 is 30.2 Å². The highest BCUT2D eigenvalue weighted by molar-refractivity contribution is 5.81. The van der Waals surface area contributed by atoms with Crippen LogP contribution in [0.25, 0.3) is 0 Å². The Morgan fingerprint density at radius 3 is 2.14 bits per heavy atom. The lowest BCUT2D eigenvalue weighted by molar-refractivity contribution is -0.147. The van der Waals surface area contributed by atoms with Crippen molar-refractivity contribution in [2.45, 2.75) is 19.0 Å². The van der Waals surface area contributed by atoms with Crippen molar-refractivity contribution in [1.82, 2.24) is 5.32 Å². The number of halogens is 3. The molecule has 2 rings (SSSR count). The van der Waals surface area contributed by atoms with E-state index in [0.717, 1.165) is 23.4 Å². The fourth-order valence-corrected chi connectivity index (χ4v) is 2.36. The number of rotatable bonds is 8. The van der Waals surface area contributed by atoms with Crippen LogP contribution in [0.1, 0.15) is 16.7 Å². The average Bonchev–Trinajstić information content (AvgIpc) is 2.66. The summed E-state index contributed by atoms with van der Waals surface area (Å²) in [5.41, 5.74) is 0.596. The van der Waals surface area contributed by atoms with Crippen LogP contribution < -0.4 is 10.1 Å². The molecule has 0 bridgehead atoms. The quantitative estimate of drug-likeness (QED) is 0.698. The molecule has 1 amide bonds. The van der Waals surface area contributed by atoms with Crippen molar-refractivity contribution in [1.29, 1.82) is 0 Å². The van der Waals surface area contributed by atoms with E-state index in [4.69, 9.17) is 9.47 Å². The van der Waals surface area contributed by atoms with Crippen LogP contribution in [0.15, 0.2) is 48.5 Å². The van der Waals surface area contributed by atoms with Crippen LogP contribution >= 0.6 is 0 Å². The maximum atomic E-state index is 12.5. The number of esters is 1. The number of benzene rings is 2. The molecule has 1 N–H and O–H groups in total. The van der Waals surface area contributed by atoms with E-state index in [0.29, 0.717) is 18.5 Å². The van der Waals surface area contributed by atoms with Gasteiger partial charge in [-0.05, 0) is 41.8 Å². The van der Waals surface area contributed by atoms with Crippen LogP contribution in [-0.4, -0.2) is 32.1 Å². The monoisotopic (exact) mass is 395 g/mol. The number of carbonyl (C=O) groups excluding carboxylic acids is 2. The zero-order chi connectivity index (χ0) is 20.6. The summed E-state index contributed by atoms with van der Waals surface area (Å²) in [4.78, 5) is 23.4. The highest BCUT2D eigenvalue weighted by Gasteiger charge is 2.30. The van der Waals surface area contributed by atoms with Gasteiger partial charge in [0.15, 0.2) is 6.61 Å². The second kappa shape index (κ2) is 9.77. The van der Waals surface area contributed by atoms with Gasteiger partial charge in [-0.15, -0.1) is 0 Å². The highest BCUT2D eigenvalue weighted by Crippen LogP contribution is 2.29. The maximum absolute atomic E-state index is 12.5. The Morgan fingerprint density at radius 1 is 0.964 bits per heavy atom. The fraction of sp³-hybridized carbons (Fsp3) is 0.300. The lowest BCUT2D eigenvalue weighted by atomic mass is 10.1. The van der Waals surface area contributed by atoms with E-state index in [1.165, 1.54) is 12.1 Å². The van der Waals surface area contributed by atoms with E-state index in [1.54, 1.807) is 7.11 Å². The van der Waals surface area contributed by atoms with Gasteiger partial charge in [0.2, 0.25) is 0 Å². The first-order valence-corrected chi connectivity index (χ1v) is 8.49. The first kappa shape index (κ1) is 21.3. The molecule has 0 aliphatic carbocycles. The molecule has 28 heavy (non-hydrogen) atoms. The number of nitrogens with one attached hydrogen (secondary N) is 1. The van der Waals surface area contributed by atoms with Crippen LogP contribution in [-0.2, 0) is 33.3 Å². The maximum Gasteiger partial charge on any atom is 0.416 e. The van der Waals surface area contributed by atoms with E-state index in [-0.39, 0.29) is 6.42 Å². The van der Waals surface area contributed by atoms with E-state index >= 15 is 0 Å². The fourth-order valence-electron chi connectivity index (χ4n) is 2.36. The molecule has 2 aromatic rings. The number of ether oxygens (including phenoxy) is 2. The minimum Gasteiger partial charge on any atom is -0.497 e. The van der Waals surface area contributed by atoms with Crippen LogP contribution in [0.5, 0.6) is 5.75 Å². The summed E-state index contributed by atoms with van der Waals surface area (Å²) in [5, 5.41) is 2.63. The third-order valence-electron chi connectivity index (χ3n) is 3.89. The molecule has 0 radical (unpaired) electrons. The second-order valence-corrected chi connectivity index (χ2v) is 5.98. The molecule has 0 unspecified atom stereocenters. The minimum absolute atomic E-state index is 0.211. The zero-order valence-corrected chi connectivity index (χ0v) is 15.2. The molecule has 0 fully saturated rings. The summed E-state index contributed by atoms with van der Waals surface area (Å²) in [6.45, 7) is -0.0658. The summed E-state index contributed by atoms with van der Waals surface area (Å²) in [5.74, 6) is -0.396. The molecule has 0 spiro atoms. The minimum atomic E-state index is -4.43. The molecule has 2 aromatic carbocycles. The Labute approximate surface area is 160 Å². The Morgan fingerprint density at radius 2 is 1.57 bits per heavy atom.